The van der Waals surface area contributed by atoms with Crippen LogP contribution in [0.5, 0.6) is 0 Å². The van der Waals surface area contributed by atoms with Crippen LogP contribution in [-0.4, -0.2) is 18.4 Å². The number of halogens is 1. The molecular weight excluding hydrogens is 244 g/mol. The Morgan fingerprint density at radius 1 is 1.64 bits per heavy atom. The minimum atomic E-state index is -0.00970. The Kier molecular flexibility index (Phi) is 2.56. The maximum atomic E-state index is 11.3. The number of fused-ring (bicyclic) bond motifs is 1. The highest BCUT2D eigenvalue weighted by molar-refractivity contribution is 9.11. The summed E-state index contributed by atoms with van der Waals surface area (Å²) in [5.41, 5.74) is 6.01. The summed E-state index contributed by atoms with van der Waals surface area (Å²) >= 11 is 3.46. The molecule has 4 heteroatoms. The Hall–Kier alpha value is -0.870. The molecule has 3 N–H and O–H groups in total. The molecule has 0 aromatic carbocycles. The smallest absolute Gasteiger partial charge is 0.176 e. The number of nitrogens with one attached hydrogen (secondary N) is 1. The number of rotatable bonds is 2. The first-order valence-corrected chi connectivity index (χ1v) is 5.26. The van der Waals surface area contributed by atoms with Crippen molar-refractivity contribution in [3.05, 3.63) is 34.5 Å². The van der Waals surface area contributed by atoms with Crippen molar-refractivity contribution < 1.29 is 4.79 Å². The minimum Gasteiger partial charge on any atom is -0.383 e. The van der Waals surface area contributed by atoms with E-state index in [0.717, 1.165) is 4.48 Å². The number of hydrogen-bond acceptors (Lipinski definition) is 3. The molecule has 3 nitrogen and oxygen atoms in total. The van der Waals surface area contributed by atoms with E-state index in [1.54, 1.807) is 0 Å². The summed E-state index contributed by atoms with van der Waals surface area (Å²) in [6, 6.07) is 0.194. The third-order valence-corrected chi connectivity index (χ3v) is 3.23. The van der Waals surface area contributed by atoms with Crippen LogP contribution in [-0.2, 0) is 4.79 Å². The maximum absolute atomic E-state index is 11.3. The van der Waals surface area contributed by atoms with E-state index in [0.29, 0.717) is 11.5 Å². The van der Waals surface area contributed by atoms with Crippen molar-refractivity contribution in [3.63, 3.8) is 0 Å². The molecule has 0 fully saturated rings. The van der Waals surface area contributed by atoms with Gasteiger partial charge >= 0.3 is 0 Å². The van der Waals surface area contributed by atoms with Gasteiger partial charge in [0, 0.05) is 22.2 Å². The summed E-state index contributed by atoms with van der Waals surface area (Å²) in [4.78, 5) is 11.3. The number of hydrogen-bond donors (Lipinski definition) is 2. The van der Waals surface area contributed by atoms with Gasteiger partial charge in [-0.1, -0.05) is 34.2 Å². The lowest BCUT2D eigenvalue weighted by Crippen LogP contribution is -2.28. The highest BCUT2D eigenvalue weighted by Crippen LogP contribution is 2.31. The van der Waals surface area contributed by atoms with E-state index in [-0.39, 0.29) is 18.4 Å². The van der Waals surface area contributed by atoms with Crippen molar-refractivity contribution >= 4 is 21.7 Å². The summed E-state index contributed by atoms with van der Waals surface area (Å²) in [6.45, 7) is 0.0716. The van der Waals surface area contributed by atoms with E-state index < -0.39 is 0 Å². The van der Waals surface area contributed by atoms with Crippen molar-refractivity contribution in [3.8, 4) is 0 Å². The fourth-order valence-electron chi connectivity index (χ4n) is 1.67. The molecule has 0 bridgehead atoms. The monoisotopic (exact) mass is 254 g/mol. The van der Waals surface area contributed by atoms with Gasteiger partial charge in [-0.3, -0.25) is 4.79 Å². The molecule has 0 aromatic heterocycles. The topological polar surface area (TPSA) is 55.1 Å². The number of nitrogens with two attached hydrogens (primary N) is 1. The van der Waals surface area contributed by atoms with Crippen LogP contribution in [0.25, 0.3) is 0 Å². The second kappa shape index (κ2) is 3.71. The molecule has 0 spiro atoms. The molecule has 2 unspecified atom stereocenters. The van der Waals surface area contributed by atoms with E-state index in [1.165, 1.54) is 0 Å². The Bertz CT molecular complexity index is 357. The number of carbonyl (C=O) groups is 1. The van der Waals surface area contributed by atoms with E-state index in [4.69, 9.17) is 5.73 Å². The number of Topliss-reactive ketones (excluding diaryl/α,β-unsaturated/α-hetero) is 1. The molecule has 0 saturated carbocycles. The second-order valence-electron chi connectivity index (χ2n) is 3.36. The molecule has 0 radical (unpaired) electrons. The average Bonchev–Trinajstić information content (AvgIpc) is 2.59. The lowest BCUT2D eigenvalue weighted by Gasteiger charge is -2.19. The third-order valence-electron chi connectivity index (χ3n) is 2.47. The minimum absolute atomic E-state index is 0.00970. The van der Waals surface area contributed by atoms with Crippen LogP contribution < -0.4 is 11.1 Å². The van der Waals surface area contributed by atoms with Crippen LogP contribution >= 0.6 is 15.9 Å². The summed E-state index contributed by atoms with van der Waals surface area (Å²) < 4.78 is 1.12. The van der Waals surface area contributed by atoms with E-state index in [1.807, 2.05) is 24.4 Å². The fourth-order valence-corrected chi connectivity index (χ4v) is 2.24. The van der Waals surface area contributed by atoms with Gasteiger partial charge in [0.25, 0.3) is 0 Å². The number of allylic oxidation sites excluding steroid dienone is 1. The maximum Gasteiger partial charge on any atom is 0.176 e. The molecule has 0 saturated heterocycles. The van der Waals surface area contributed by atoms with Crippen LogP contribution in [0.2, 0.25) is 0 Å². The molecule has 2 aliphatic rings. The average molecular weight is 255 g/mol. The highest BCUT2D eigenvalue weighted by Gasteiger charge is 2.27. The summed E-state index contributed by atoms with van der Waals surface area (Å²) in [7, 11) is 0. The Morgan fingerprint density at radius 3 is 3.14 bits per heavy atom. The molecule has 0 amide bonds. The zero-order valence-corrected chi connectivity index (χ0v) is 9.12. The zero-order chi connectivity index (χ0) is 10.1. The predicted molar refractivity (Wildman–Crippen MR) is 58.7 cm³/mol. The normalized spacial score (nSPS) is 29.0. The van der Waals surface area contributed by atoms with Gasteiger partial charge < -0.3 is 11.1 Å². The van der Waals surface area contributed by atoms with Crippen LogP contribution in [0, 0.1) is 5.92 Å². The third kappa shape index (κ3) is 1.55. The molecule has 1 aliphatic heterocycles. The quantitative estimate of drug-likeness (QED) is 0.768. The van der Waals surface area contributed by atoms with E-state index in [2.05, 4.69) is 21.2 Å². The largest absolute Gasteiger partial charge is 0.383 e. The van der Waals surface area contributed by atoms with Crippen molar-refractivity contribution in [2.45, 2.75) is 6.04 Å². The van der Waals surface area contributed by atoms with Gasteiger partial charge in [-0.05, 0) is 0 Å². The van der Waals surface area contributed by atoms with Gasteiger partial charge in [-0.2, -0.15) is 0 Å². The molecule has 0 aromatic rings. The second-order valence-corrected chi connectivity index (χ2v) is 4.27. The molecule has 74 valence electrons. The summed E-state index contributed by atoms with van der Waals surface area (Å²) in [5, 5.41) is 3.19. The highest BCUT2D eigenvalue weighted by atomic mass is 79.9. The predicted octanol–water partition coefficient (Wildman–Crippen LogP) is 0.835. The van der Waals surface area contributed by atoms with Gasteiger partial charge in [-0.25, -0.2) is 0 Å². The number of ketones is 1. The van der Waals surface area contributed by atoms with Crippen molar-refractivity contribution in [2.24, 2.45) is 11.7 Å². The van der Waals surface area contributed by atoms with Gasteiger partial charge in [-0.15, -0.1) is 0 Å². The molecule has 2 atom stereocenters. The Balaban J connectivity index is 2.19. The van der Waals surface area contributed by atoms with Crippen LogP contribution in [0.4, 0.5) is 0 Å². The Morgan fingerprint density at radius 2 is 2.43 bits per heavy atom. The van der Waals surface area contributed by atoms with Gasteiger partial charge in [0.15, 0.2) is 5.78 Å². The van der Waals surface area contributed by atoms with Crippen LogP contribution in [0.15, 0.2) is 34.5 Å². The first-order chi connectivity index (χ1) is 6.72. The van der Waals surface area contributed by atoms with Crippen molar-refractivity contribution in [1.29, 1.82) is 0 Å². The number of carbonyl (C=O) groups excluding carboxylic acids is 1. The lowest BCUT2D eigenvalue weighted by molar-refractivity contribution is -0.114. The zero-order valence-electron chi connectivity index (χ0n) is 7.53. The van der Waals surface area contributed by atoms with E-state index in [9.17, 15) is 4.79 Å². The van der Waals surface area contributed by atoms with Crippen molar-refractivity contribution in [2.75, 3.05) is 6.54 Å². The molecular formula is C10H11BrN2O. The summed E-state index contributed by atoms with van der Waals surface area (Å²) in [5.74, 6) is 0.314. The standard InChI is InChI=1S/C10H11BrN2O/c11-8-5-13-9-3-6(10(14)4-12)1-2-7(8)9/h1-3,5,7,9,13H,4,12H2. The van der Waals surface area contributed by atoms with Crippen LogP contribution in [0.3, 0.4) is 0 Å². The first-order valence-electron chi connectivity index (χ1n) is 4.47. The lowest BCUT2D eigenvalue weighted by atomic mass is 9.92. The van der Waals surface area contributed by atoms with Gasteiger partial charge in [0.1, 0.15) is 0 Å². The molecule has 14 heavy (non-hydrogen) atoms. The molecule has 1 heterocycles. The van der Waals surface area contributed by atoms with Crippen LogP contribution in [0.1, 0.15) is 0 Å². The van der Waals surface area contributed by atoms with Crippen molar-refractivity contribution in [1.82, 2.24) is 5.32 Å². The van der Waals surface area contributed by atoms with E-state index >= 15 is 0 Å². The molecule has 2 rings (SSSR count). The first kappa shape index (κ1) is 9.68. The fraction of sp³-hybridized carbons (Fsp3) is 0.300. The molecule has 1 aliphatic carbocycles. The SMILES string of the molecule is NCC(=O)C1=CC2NC=C(Br)C2C=C1. The summed E-state index contributed by atoms with van der Waals surface area (Å²) in [6.07, 6.45) is 7.73. The van der Waals surface area contributed by atoms with Gasteiger partial charge in [0.05, 0.1) is 12.6 Å². The Labute approximate surface area is 90.9 Å². The van der Waals surface area contributed by atoms with Gasteiger partial charge in [0.2, 0.25) is 0 Å².